The molecule has 2 heteroatoms. The topological polar surface area (TPSA) is 17.8 Å². The van der Waals surface area contributed by atoms with E-state index in [1.54, 1.807) is 0 Å². The highest BCUT2D eigenvalue weighted by molar-refractivity contribution is 6.13. The fraction of sp³-hybridized carbons (Fsp3) is 0.0217. The van der Waals surface area contributed by atoms with Crippen LogP contribution in [-0.2, 0) is 5.41 Å². The number of fused-ring (bicyclic) bond motifs is 7. The van der Waals surface area contributed by atoms with Crippen molar-refractivity contribution in [1.82, 2.24) is 9.55 Å². The van der Waals surface area contributed by atoms with E-state index in [9.17, 15) is 0 Å². The van der Waals surface area contributed by atoms with Gasteiger partial charge in [-0.2, -0.15) is 0 Å². The molecule has 2 nitrogen and oxygen atoms in total. The summed E-state index contributed by atoms with van der Waals surface area (Å²) < 4.78 is 2.37. The summed E-state index contributed by atoms with van der Waals surface area (Å²) in [5.41, 5.74) is 13.3. The van der Waals surface area contributed by atoms with Crippen LogP contribution in [0.25, 0.3) is 60.5 Å². The summed E-state index contributed by atoms with van der Waals surface area (Å²) in [5.74, 6) is 0. The van der Waals surface area contributed by atoms with Gasteiger partial charge in [0.25, 0.3) is 0 Å². The lowest BCUT2D eigenvalue weighted by molar-refractivity contribution is 0.769. The Labute approximate surface area is 279 Å². The van der Waals surface area contributed by atoms with Gasteiger partial charge in [-0.05, 0) is 91.7 Å². The molecule has 0 saturated carbocycles. The van der Waals surface area contributed by atoms with Crippen molar-refractivity contribution >= 4 is 32.6 Å². The number of rotatable bonds is 4. The minimum atomic E-state index is -0.413. The van der Waals surface area contributed by atoms with Crippen LogP contribution < -0.4 is 0 Å². The van der Waals surface area contributed by atoms with Crippen molar-refractivity contribution in [3.8, 4) is 27.9 Å². The monoisotopic (exact) mass is 610 g/mol. The molecule has 0 radical (unpaired) electrons. The van der Waals surface area contributed by atoms with Gasteiger partial charge in [-0.3, -0.25) is 4.98 Å². The Hall–Kier alpha value is -6.25. The van der Waals surface area contributed by atoms with Crippen molar-refractivity contribution < 1.29 is 0 Å². The van der Waals surface area contributed by atoms with Crippen LogP contribution in [-0.4, -0.2) is 9.55 Å². The van der Waals surface area contributed by atoms with Gasteiger partial charge in [0.15, 0.2) is 0 Å². The molecule has 0 saturated heterocycles. The molecule has 0 fully saturated rings. The van der Waals surface area contributed by atoms with Gasteiger partial charge in [-0.1, -0.05) is 133 Å². The molecule has 0 atom stereocenters. The summed E-state index contributed by atoms with van der Waals surface area (Å²) in [6.45, 7) is 0. The maximum Gasteiger partial charge on any atom is 0.0713 e. The summed E-state index contributed by atoms with van der Waals surface area (Å²) in [4.78, 5) is 4.49. The second-order valence-corrected chi connectivity index (χ2v) is 12.8. The molecule has 2 aromatic heterocycles. The molecule has 7 aromatic carbocycles. The SMILES string of the molecule is c1ccc(C2(c3ccccc3)c3ccccc3-c3ccc(-c4ccc(-n5c6ccncc6c6cc7ccccc7cc65)cc4)cc32)cc1. The minimum absolute atomic E-state index is 0.413. The van der Waals surface area contributed by atoms with Gasteiger partial charge in [0, 0.05) is 28.9 Å². The van der Waals surface area contributed by atoms with Crippen molar-refractivity contribution in [2.45, 2.75) is 5.41 Å². The molecule has 48 heavy (non-hydrogen) atoms. The van der Waals surface area contributed by atoms with Gasteiger partial charge in [0.2, 0.25) is 0 Å². The van der Waals surface area contributed by atoms with E-state index in [2.05, 4.69) is 179 Å². The lowest BCUT2D eigenvalue weighted by atomic mass is 9.67. The highest BCUT2D eigenvalue weighted by atomic mass is 15.0. The highest BCUT2D eigenvalue weighted by Crippen LogP contribution is 2.56. The van der Waals surface area contributed by atoms with Crippen molar-refractivity contribution in [2.75, 3.05) is 0 Å². The number of aromatic nitrogens is 2. The Morgan fingerprint density at radius 1 is 0.438 bits per heavy atom. The molecular weight excluding hydrogens is 581 g/mol. The first kappa shape index (κ1) is 26.9. The third kappa shape index (κ3) is 3.77. The number of hydrogen-bond donors (Lipinski definition) is 0. The normalized spacial score (nSPS) is 13.2. The summed E-state index contributed by atoms with van der Waals surface area (Å²) in [6.07, 6.45) is 3.88. The zero-order valence-electron chi connectivity index (χ0n) is 26.2. The molecule has 0 unspecified atom stereocenters. The predicted molar refractivity (Wildman–Crippen MR) is 199 cm³/mol. The summed E-state index contributed by atoms with van der Waals surface area (Å²) in [6, 6.07) is 62.4. The smallest absolute Gasteiger partial charge is 0.0713 e. The lowest BCUT2D eigenvalue weighted by Crippen LogP contribution is -2.28. The van der Waals surface area contributed by atoms with E-state index in [1.165, 1.54) is 71.6 Å². The van der Waals surface area contributed by atoms with Crippen molar-refractivity contribution in [3.63, 3.8) is 0 Å². The Balaban J connectivity index is 1.15. The Morgan fingerprint density at radius 3 is 1.81 bits per heavy atom. The van der Waals surface area contributed by atoms with Crippen LogP contribution in [0.1, 0.15) is 22.3 Å². The number of nitrogens with zero attached hydrogens (tertiary/aromatic N) is 2. The van der Waals surface area contributed by atoms with Crippen molar-refractivity contribution in [3.05, 3.63) is 205 Å². The van der Waals surface area contributed by atoms with Crippen LogP contribution in [0.2, 0.25) is 0 Å². The standard InChI is InChI=1S/C46H30N2/c1-3-13-35(14-4-1)46(36-15-5-2-6-16-36)42-18-10-9-17-38(42)39-24-21-34(28-43(39)46)31-19-22-37(23-20-31)48-44-25-26-47-30-41(44)40-27-32-11-7-8-12-33(32)29-45(40)48/h1-30H. The van der Waals surface area contributed by atoms with Crippen LogP contribution in [0.5, 0.6) is 0 Å². The van der Waals surface area contributed by atoms with Crippen molar-refractivity contribution in [2.24, 2.45) is 0 Å². The van der Waals surface area contributed by atoms with E-state index in [-0.39, 0.29) is 0 Å². The number of benzene rings is 7. The van der Waals surface area contributed by atoms with Crippen LogP contribution in [0.15, 0.2) is 182 Å². The molecule has 0 spiro atoms. The molecule has 0 aliphatic heterocycles. The Kier molecular flexibility index (Phi) is 5.82. The maximum absolute atomic E-state index is 4.49. The minimum Gasteiger partial charge on any atom is -0.309 e. The summed E-state index contributed by atoms with van der Waals surface area (Å²) in [5, 5.41) is 4.86. The van der Waals surface area contributed by atoms with E-state index in [0.717, 1.165) is 11.2 Å². The molecule has 224 valence electrons. The van der Waals surface area contributed by atoms with E-state index in [1.807, 2.05) is 12.4 Å². The van der Waals surface area contributed by atoms with Crippen molar-refractivity contribution in [1.29, 1.82) is 0 Å². The molecule has 2 heterocycles. The first-order chi connectivity index (χ1) is 23.8. The van der Waals surface area contributed by atoms with Crippen LogP contribution >= 0.6 is 0 Å². The van der Waals surface area contributed by atoms with Gasteiger partial charge >= 0.3 is 0 Å². The second kappa shape index (κ2) is 10.4. The highest BCUT2D eigenvalue weighted by Gasteiger charge is 2.46. The first-order valence-electron chi connectivity index (χ1n) is 16.5. The molecule has 0 bridgehead atoms. The van der Waals surface area contributed by atoms with Gasteiger partial charge in [0.1, 0.15) is 0 Å². The molecule has 9 aromatic rings. The maximum atomic E-state index is 4.49. The van der Waals surface area contributed by atoms with Gasteiger partial charge in [0.05, 0.1) is 16.4 Å². The van der Waals surface area contributed by atoms with Crippen LogP contribution in [0, 0.1) is 0 Å². The average molecular weight is 611 g/mol. The predicted octanol–water partition coefficient (Wildman–Crippen LogP) is 11.4. The molecule has 1 aliphatic carbocycles. The fourth-order valence-electron chi connectivity index (χ4n) is 8.25. The molecule has 1 aliphatic rings. The molecule has 10 rings (SSSR count). The van der Waals surface area contributed by atoms with E-state index < -0.39 is 5.41 Å². The first-order valence-corrected chi connectivity index (χ1v) is 16.5. The zero-order valence-corrected chi connectivity index (χ0v) is 26.2. The fourth-order valence-corrected chi connectivity index (χ4v) is 8.25. The third-order valence-corrected chi connectivity index (χ3v) is 10.4. The quantitative estimate of drug-likeness (QED) is 0.194. The largest absolute Gasteiger partial charge is 0.309 e. The summed E-state index contributed by atoms with van der Waals surface area (Å²) in [7, 11) is 0. The molecule has 0 N–H and O–H groups in total. The Bertz CT molecular complexity index is 2610. The van der Waals surface area contributed by atoms with Gasteiger partial charge in [-0.15, -0.1) is 0 Å². The summed E-state index contributed by atoms with van der Waals surface area (Å²) >= 11 is 0. The van der Waals surface area contributed by atoms with Gasteiger partial charge < -0.3 is 4.57 Å². The van der Waals surface area contributed by atoms with E-state index >= 15 is 0 Å². The number of pyridine rings is 1. The number of hydrogen-bond acceptors (Lipinski definition) is 1. The zero-order chi connectivity index (χ0) is 31.7. The Morgan fingerprint density at radius 2 is 1.06 bits per heavy atom. The van der Waals surface area contributed by atoms with Crippen LogP contribution in [0.3, 0.4) is 0 Å². The van der Waals surface area contributed by atoms with Gasteiger partial charge in [-0.25, -0.2) is 0 Å². The van der Waals surface area contributed by atoms with Crippen LogP contribution in [0.4, 0.5) is 0 Å². The van der Waals surface area contributed by atoms with E-state index in [4.69, 9.17) is 0 Å². The molecule has 0 amide bonds. The second-order valence-electron chi connectivity index (χ2n) is 12.8. The lowest BCUT2D eigenvalue weighted by Gasteiger charge is -2.34. The molecular formula is C46H30N2. The average Bonchev–Trinajstić information content (AvgIpc) is 3.64. The van der Waals surface area contributed by atoms with E-state index in [0.29, 0.717) is 0 Å². The third-order valence-electron chi connectivity index (χ3n) is 10.4.